The van der Waals surface area contributed by atoms with Gasteiger partial charge in [0.25, 0.3) is 5.91 Å². The molecule has 0 spiro atoms. The first kappa shape index (κ1) is 22.3. The number of nitrogens with zero attached hydrogens (tertiary/aromatic N) is 1. The Hall–Kier alpha value is -2.93. The first-order valence-corrected chi connectivity index (χ1v) is 10.7. The normalized spacial score (nSPS) is 16.4. The number of carbonyl (C=O) groups is 2. The Bertz CT molecular complexity index is 1260. The average Bonchev–Trinajstić information content (AvgIpc) is 3.38. The summed E-state index contributed by atoms with van der Waals surface area (Å²) >= 11 is 5.73. The summed E-state index contributed by atoms with van der Waals surface area (Å²) < 4.78 is 30.5. The molecule has 0 aliphatic heterocycles. The second-order valence-electron chi connectivity index (χ2n) is 8.51. The van der Waals surface area contributed by atoms with Crippen LogP contribution in [0.4, 0.5) is 8.78 Å². The van der Waals surface area contributed by atoms with Crippen molar-refractivity contribution in [2.75, 3.05) is 0 Å². The molecule has 1 aliphatic rings. The minimum Gasteiger partial charge on any atom is -0.505 e. The molecule has 3 aromatic rings. The molecule has 8 heteroatoms. The summed E-state index contributed by atoms with van der Waals surface area (Å²) in [6.45, 7) is 3.10. The van der Waals surface area contributed by atoms with Crippen molar-refractivity contribution in [3.63, 3.8) is 0 Å². The molecule has 2 N–H and O–H groups in total. The number of halogens is 3. The molecule has 1 aliphatic carbocycles. The number of hydrogen-bond acceptors (Lipinski definition) is 3. The zero-order chi connectivity index (χ0) is 23.4. The summed E-state index contributed by atoms with van der Waals surface area (Å²) in [6.07, 6.45) is 3.04. The van der Waals surface area contributed by atoms with Crippen molar-refractivity contribution in [2.45, 2.75) is 44.9 Å². The van der Waals surface area contributed by atoms with Crippen LogP contribution in [0.25, 0.3) is 10.9 Å². The van der Waals surface area contributed by atoms with E-state index < -0.39 is 34.7 Å². The van der Waals surface area contributed by atoms with Gasteiger partial charge in [0.1, 0.15) is 5.82 Å². The Morgan fingerprint density at radius 1 is 1.16 bits per heavy atom. The molecule has 0 radical (unpaired) electrons. The highest BCUT2D eigenvalue weighted by molar-refractivity contribution is 6.30. The van der Waals surface area contributed by atoms with Gasteiger partial charge in [-0.1, -0.05) is 24.4 Å². The van der Waals surface area contributed by atoms with Crippen LogP contribution in [0, 0.1) is 24.5 Å². The van der Waals surface area contributed by atoms with Gasteiger partial charge in [-0.25, -0.2) is 8.78 Å². The fourth-order valence-electron chi connectivity index (χ4n) is 5.10. The number of fused-ring (bicyclic) bond motifs is 1. The highest BCUT2D eigenvalue weighted by Gasteiger charge is 2.48. The number of phenols is 1. The summed E-state index contributed by atoms with van der Waals surface area (Å²) in [5, 5.41) is 20.1. The molecule has 32 heavy (non-hydrogen) atoms. The Balaban J connectivity index is 2.06. The Morgan fingerprint density at radius 2 is 1.81 bits per heavy atom. The lowest BCUT2D eigenvalue weighted by Crippen LogP contribution is -2.40. The van der Waals surface area contributed by atoms with Crippen LogP contribution in [-0.2, 0) is 10.2 Å². The molecule has 0 saturated heterocycles. The summed E-state index contributed by atoms with van der Waals surface area (Å²) in [6, 6.07) is 6.06. The van der Waals surface area contributed by atoms with Gasteiger partial charge in [0, 0.05) is 22.2 Å². The lowest BCUT2D eigenvalue weighted by Gasteiger charge is -2.32. The van der Waals surface area contributed by atoms with Crippen molar-refractivity contribution in [3.05, 3.63) is 63.8 Å². The van der Waals surface area contributed by atoms with Crippen molar-refractivity contribution in [3.8, 4) is 5.75 Å². The number of carboxylic acids is 1. The fraction of sp³-hybridized carbons (Fsp3) is 0.333. The van der Waals surface area contributed by atoms with Gasteiger partial charge in [0.15, 0.2) is 11.6 Å². The van der Waals surface area contributed by atoms with Gasteiger partial charge >= 0.3 is 5.97 Å². The van der Waals surface area contributed by atoms with Crippen molar-refractivity contribution in [1.82, 2.24) is 4.57 Å². The number of carbonyl (C=O) groups excluding carboxylic acids is 1. The van der Waals surface area contributed by atoms with Gasteiger partial charge in [0.05, 0.1) is 16.0 Å². The van der Waals surface area contributed by atoms with E-state index >= 15 is 4.39 Å². The van der Waals surface area contributed by atoms with Gasteiger partial charge in [0.2, 0.25) is 0 Å². The molecule has 2 aromatic carbocycles. The second-order valence-corrected chi connectivity index (χ2v) is 8.92. The predicted octanol–water partition coefficient (Wildman–Crippen LogP) is 5.81. The van der Waals surface area contributed by atoms with Crippen molar-refractivity contribution in [2.24, 2.45) is 5.92 Å². The molecule has 0 amide bonds. The first-order chi connectivity index (χ1) is 15.1. The number of hydrogen-bond donors (Lipinski definition) is 2. The highest BCUT2D eigenvalue weighted by Crippen LogP contribution is 2.48. The maximum Gasteiger partial charge on any atom is 0.314 e. The monoisotopic (exact) mass is 461 g/mol. The molecule has 168 valence electrons. The molecule has 0 bridgehead atoms. The van der Waals surface area contributed by atoms with Crippen molar-refractivity contribution < 1.29 is 28.6 Å². The van der Waals surface area contributed by atoms with E-state index in [0.29, 0.717) is 12.8 Å². The van der Waals surface area contributed by atoms with Gasteiger partial charge in [-0.05, 0) is 62.9 Å². The number of phenolic OH excluding ortho intramolecular Hbond substituents is 1. The number of benzene rings is 2. The number of carboxylic acid groups (broad SMARTS) is 1. The van der Waals surface area contributed by atoms with Gasteiger partial charge in [-0.15, -0.1) is 0 Å². The summed E-state index contributed by atoms with van der Waals surface area (Å²) in [5.41, 5.74) is -1.00. The van der Waals surface area contributed by atoms with E-state index in [1.807, 2.05) is 0 Å². The van der Waals surface area contributed by atoms with E-state index in [1.54, 1.807) is 13.8 Å². The zero-order valence-electron chi connectivity index (χ0n) is 17.6. The zero-order valence-corrected chi connectivity index (χ0v) is 18.3. The molecule has 1 fully saturated rings. The predicted molar refractivity (Wildman–Crippen MR) is 116 cm³/mol. The van der Waals surface area contributed by atoms with E-state index in [1.165, 1.54) is 22.8 Å². The molecular formula is C24H22ClF2NO4. The van der Waals surface area contributed by atoms with Crippen molar-refractivity contribution in [1.29, 1.82) is 0 Å². The van der Waals surface area contributed by atoms with Crippen molar-refractivity contribution >= 4 is 34.4 Å². The maximum absolute atomic E-state index is 15.3. The SMILES string of the molecule is Cc1c([C@](C)(C(=O)O)C2CCCC2)c2c(F)c(O)ccc2n1C(=O)c1ccc(Cl)c(F)c1. The van der Waals surface area contributed by atoms with Gasteiger partial charge in [-0.3, -0.25) is 14.2 Å². The van der Waals surface area contributed by atoms with Crippen LogP contribution in [-0.4, -0.2) is 26.7 Å². The molecule has 4 rings (SSSR count). The number of aliphatic carboxylic acids is 1. The number of aromatic hydroxyl groups is 1. The molecule has 1 aromatic heterocycles. The molecule has 1 heterocycles. The lowest BCUT2D eigenvalue weighted by atomic mass is 9.69. The summed E-state index contributed by atoms with van der Waals surface area (Å²) in [7, 11) is 0. The van der Waals surface area contributed by atoms with Crippen LogP contribution in [0.5, 0.6) is 5.75 Å². The average molecular weight is 462 g/mol. The lowest BCUT2D eigenvalue weighted by molar-refractivity contribution is -0.145. The molecular weight excluding hydrogens is 440 g/mol. The standard InChI is InChI=1S/C24H22ClF2NO4/c1-12-20(24(2,23(31)32)14-5-3-4-6-14)19-17(9-10-18(29)21(19)27)28(12)22(30)13-7-8-15(25)16(26)11-13/h7-11,14,29H,3-6H2,1-2H3,(H,31,32)/t24-/m1/s1. The number of aromatic nitrogens is 1. The maximum atomic E-state index is 15.3. The quantitative estimate of drug-likeness (QED) is 0.514. The Labute approximate surface area is 188 Å². The summed E-state index contributed by atoms with van der Waals surface area (Å²) in [5.74, 6) is -4.45. The third kappa shape index (κ3) is 3.18. The van der Waals surface area contributed by atoms with Crippen LogP contribution >= 0.6 is 11.6 Å². The molecule has 0 unspecified atom stereocenters. The largest absolute Gasteiger partial charge is 0.505 e. The van der Waals surface area contributed by atoms with Crippen LogP contribution in [0.3, 0.4) is 0 Å². The molecule has 1 atom stereocenters. The first-order valence-electron chi connectivity index (χ1n) is 10.3. The van der Waals surface area contributed by atoms with E-state index in [9.17, 15) is 24.2 Å². The van der Waals surface area contributed by atoms with E-state index in [-0.39, 0.29) is 38.7 Å². The Kier molecular flexibility index (Phi) is 5.49. The number of rotatable bonds is 4. The fourth-order valence-corrected chi connectivity index (χ4v) is 5.21. The second kappa shape index (κ2) is 7.89. The van der Waals surface area contributed by atoms with E-state index in [4.69, 9.17) is 11.6 Å². The van der Waals surface area contributed by atoms with E-state index in [0.717, 1.165) is 25.0 Å². The van der Waals surface area contributed by atoms with Gasteiger partial charge < -0.3 is 10.2 Å². The third-order valence-corrected chi connectivity index (χ3v) is 7.10. The van der Waals surface area contributed by atoms with E-state index in [2.05, 4.69) is 0 Å². The van der Waals surface area contributed by atoms with Crippen LogP contribution in [0.15, 0.2) is 30.3 Å². The van der Waals surface area contributed by atoms with Crippen LogP contribution < -0.4 is 0 Å². The minimum absolute atomic E-state index is 0.0233. The Morgan fingerprint density at radius 3 is 2.41 bits per heavy atom. The van der Waals surface area contributed by atoms with Crippen LogP contribution in [0.2, 0.25) is 5.02 Å². The highest BCUT2D eigenvalue weighted by atomic mass is 35.5. The molecule has 1 saturated carbocycles. The topological polar surface area (TPSA) is 79.5 Å². The molecule has 5 nitrogen and oxygen atoms in total. The third-order valence-electron chi connectivity index (χ3n) is 6.79. The van der Waals surface area contributed by atoms with Crippen LogP contribution in [0.1, 0.15) is 54.2 Å². The van der Waals surface area contributed by atoms with Gasteiger partial charge in [-0.2, -0.15) is 0 Å². The minimum atomic E-state index is -1.48. The summed E-state index contributed by atoms with van der Waals surface area (Å²) in [4.78, 5) is 26.0. The smallest absolute Gasteiger partial charge is 0.314 e.